The predicted molar refractivity (Wildman–Crippen MR) is 130 cm³/mol. The molecule has 0 spiro atoms. The molecule has 3 N–H and O–H groups in total. The van der Waals surface area contributed by atoms with Gasteiger partial charge in [0, 0.05) is 17.4 Å². The molecule has 0 saturated heterocycles. The van der Waals surface area contributed by atoms with E-state index in [4.69, 9.17) is 0 Å². The van der Waals surface area contributed by atoms with Crippen molar-refractivity contribution in [2.45, 2.75) is 52.7 Å². The Balaban J connectivity index is 2.52. The monoisotopic (exact) mass is 480 g/mol. The fourth-order valence-corrected chi connectivity index (χ4v) is 6.42. The van der Waals surface area contributed by atoms with Gasteiger partial charge in [0.05, 0.1) is 5.60 Å². The van der Waals surface area contributed by atoms with Crippen molar-refractivity contribution in [1.82, 2.24) is 0 Å². The topological polar surface area (TPSA) is 129 Å². The van der Waals surface area contributed by atoms with Crippen molar-refractivity contribution >= 4 is 23.1 Å². The fraction of sp³-hybridized carbons (Fsp3) is 0.429. The van der Waals surface area contributed by atoms with E-state index in [2.05, 4.69) is 0 Å². The first-order valence-electron chi connectivity index (χ1n) is 11.5. The van der Waals surface area contributed by atoms with Crippen LogP contribution in [0.4, 0.5) is 0 Å². The molecule has 3 fully saturated rings. The van der Waals surface area contributed by atoms with Gasteiger partial charge < -0.3 is 15.3 Å². The number of hydrogen-bond acceptors (Lipinski definition) is 7. The summed E-state index contributed by atoms with van der Waals surface area (Å²) < 4.78 is 0. The normalized spacial score (nSPS) is 40.9. The molecule has 4 aliphatic carbocycles. The summed E-state index contributed by atoms with van der Waals surface area (Å²) in [6.45, 7) is 8.66. The van der Waals surface area contributed by atoms with Crippen molar-refractivity contribution in [2.75, 3.05) is 0 Å². The van der Waals surface area contributed by atoms with Gasteiger partial charge in [-0.2, -0.15) is 0 Å². The summed E-state index contributed by atoms with van der Waals surface area (Å²) in [6, 6.07) is 0. The van der Waals surface area contributed by atoms with E-state index >= 15 is 0 Å². The predicted octanol–water partition coefficient (Wildman–Crippen LogP) is 3.05. The SMILES string of the molecule is C/C=C/C=C/C(=O)[C@]12C(=O)C(C)=C[C@@](C)(O)[C@H]1[C@H]1\C(=C(O)/C=C/C=C/C)C(=O)[C@]2(C)C(=O)[C@@]1(C)O. The van der Waals surface area contributed by atoms with E-state index in [9.17, 15) is 34.5 Å². The molecular formula is C28H32O7. The molecule has 0 aliphatic heterocycles. The van der Waals surface area contributed by atoms with Crippen LogP contribution >= 0.6 is 0 Å². The molecular weight excluding hydrogens is 448 g/mol. The number of fused-ring (bicyclic) bond motifs is 2. The smallest absolute Gasteiger partial charge is 0.179 e. The molecule has 0 heterocycles. The maximum Gasteiger partial charge on any atom is 0.179 e. The minimum atomic E-state index is -2.37. The lowest BCUT2D eigenvalue weighted by Crippen LogP contribution is -2.82. The van der Waals surface area contributed by atoms with E-state index in [1.165, 1.54) is 52.0 Å². The van der Waals surface area contributed by atoms with E-state index in [1.807, 2.05) is 0 Å². The lowest BCUT2D eigenvalue weighted by molar-refractivity contribution is -0.217. The number of allylic oxidation sites excluding steroid dienone is 9. The highest BCUT2D eigenvalue weighted by Crippen LogP contribution is 2.69. The number of Topliss-reactive ketones (excluding diaryl/α,β-unsaturated/α-hetero) is 3. The minimum Gasteiger partial charge on any atom is -0.508 e. The Morgan fingerprint density at radius 3 is 2.00 bits per heavy atom. The van der Waals surface area contributed by atoms with Gasteiger partial charge in [-0.1, -0.05) is 36.5 Å². The highest BCUT2D eigenvalue weighted by molar-refractivity contribution is 6.33. The van der Waals surface area contributed by atoms with Crippen LogP contribution in [0.25, 0.3) is 0 Å². The lowest BCUT2D eigenvalue weighted by Gasteiger charge is -2.66. The third-order valence-corrected chi connectivity index (χ3v) is 7.75. The average molecular weight is 481 g/mol. The van der Waals surface area contributed by atoms with Crippen LogP contribution in [0.1, 0.15) is 41.5 Å². The van der Waals surface area contributed by atoms with Crippen LogP contribution in [0.3, 0.4) is 0 Å². The van der Waals surface area contributed by atoms with Gasteiger partial charge in [-0.15, -0.1) is 0 Å². The summed E-state index contributed by atoms with van der Waals surface area (Å²) in [5.74, 6) is -6.90. The zero-order valence-corrected chi connectivity index (χ0v) is 20.8. The maximum atomic E-state index is 14.0. The van der Waals surface area contributed by atoms with Gasteiger partial charge in [-0.3, -0.25) is 19.2 Å². The number of aliphatic hydroxyl groups excluding tert-OH is 1. The Morgan fingerprint density at radius 1 is 0.914 bits per heavy atom. The maximum absolute atomic E-state index is 14.0. The van der Waals surface area contributed by atoms with Crippen molar-refractivity contribution in [1.29, 1.82) is 0 Å². The molecule has 0 aromatic rings. The number of hydrogen-bond donors (Lipinski definition) is 3. The largest absolute Gasteiger partial charge is 0.508 e. The molecule has 7 heteroatoms. The van der Waals surface area contributed by atoms with Crippen LogP contribution in [0, 0.1) is 22.7 Å². The summed E-state index contributed by atoms with van der Waals surface area (Å²) in [6.07, 6.45) is 13.1. The summed E-state index contributed by atoms with van der Waals surface area (Å²) in [4.78, 5) is 55.6. The molecule has 0 unspecified atom stereocenters. The molecule has 2 bridgehead atoms. The second-order valence-electron chi connectivity index (χ2n) is 10.0. The molecule has 0 radical (unpaired) electrons. The van der Waals surface area contributed by atoms with Crippen molar-refractivity contribution in [3.8, 4) is 0 Å². The summed E-state index contributed by atoms with van der Waals surface area (Å²) >= 11 is 0. The third kappa shape index (κ3) is 3.25. The van der Waals surface area contributed by atoms with Gasteiger partial charge in [-0.05, 0) is 65.3 Å². The van der Waals surface area contributed by atoms with Crippen LogP contribution in [0.5, 0.6) is 0 Å². The Morgan fingerprint density at radius 2 is 1.46 bits per heavy atom. The van der Waals surface area contributed by atoms with Crippen LogP contribution in [-0.4, -0.2) is 49.7 Å². The molecule has 6 atom stereocenters. The van der Waals surface area contributed by atoms with Crippen LogP contribution in [-0.2, 0) is 19.2 Å². The van der Waals surface area contributed by atoms with Crippen molar-refractivity contribution < 1.29 is 34.5 Å². The highest BCUT2D eigenvalue weighted by atomic mass is 16.3. The van der Waals surface area contributed by atoms with E-state index in [0.29, 0.717) is 0 Å². The van der Waals surface area contributed by atoms with Crippen LogP contribution < -0.4 is 0 Å². The Hall–Kier alpha value is -3.16. The quantitative estimate of drug-likeness (QED) is 0.239. The molecule has 7 nitrogen and oxygen atoms in total. The van der Waals surface area contributed by atoms with E-state index in [-0.39, 0.29) is 11.1 Å². The molecule has 3 saturated carbocycles. The van der Waals surface area contributed by atoms with Crippen molar-refractivity contribution in [3.63, 3.8) is 0 Å². The van der Waals surface area contributed by atoms with Gasteiger partial charge in [0.25, 0.3) is 0 Å². The summed E-state index contributed by atoms with van der Waals surface area (Å²) in [7, 11) is 0. The molecule has 186 valence electrons. The average Bonchev–Trinajstić information content (AvgIpc) is 2.77. The molecule has 0 amide bonds. The molecule has 4 aliphatic rings. The second-order valence-corrected chi connectivity index (χ2v) is 10.0. The van der Waals surface area contributed by atoms with Gasteiger partial charge in [-0.25, -0.2) is 0 Å². The van der Waals surface area contributed by atoms with Crippen molar-refractivity contribution in [2.24, 2.45) is 22.7 Å². The van der Waals surface area contributed by atoms with Crippen LogP contribution in [0.2, 0.25) is 0 Å². The second kappa shape index (κ2) is 8.50. The molecule has 0 aromatic carbocycles. The standard InChI is InChI=1S/C28H32O7/c1-7-9-11-13-17(29)19-20-21-25(4,34)15-16(3)22(31)28(21,18(30)14-12-10-8-2)26(5,23(19)32)24(33)27(20,6)35/h7-15,20-21,29,34-35H,1-6H3/b9-7+,10-8+,13-11+,14-12+,19-17-/t20-,21-,25-,26-,27+,28-/m1/s1. The first-order chi connectivity index (χ1) is 16.2. The van der Waals surface area contributed by atoms with Gasteiger partial charge in [0.1, 0.15) is 22.2 Å². The summed E-state index contributed by atoms with van der Waals surface area (Å²) in [5, 5.41) is 34.0. The fourth-order valence-electron chi connectivity index (χ4n) is 6.42. The zero-order valence-electron chi connectivity index (χ0n) is 20.8. The first-order valence-corrected chi connectivity index (χ1v) is 11.5. The number of rotatable bonds is 5. The number of aliphatic hydroxyl groups is 3. The first kappa shape index (κ1) is 26.4. The van der Waals surface area contributed by atoms with E-state index in [0.717, 1.165) is 6.08 Å². The van der Waals surface area contributed by atoms with Gasteiger partial charge in [0.2, 0.25) is 0 Å². The van der Waals surface area contributed by atoms with E-state index < -0.39 is 62.8 Å². The van der Waals surface area contributed by atoms with Crippen molar-refractivity contribution in [3.05, 3.63) is 71.6 Å². The number of carbonyl (C=O) groups is 4. The Labute approximate surface area is 204 Å². The van der Waals surface area contributed by atoms with Gasteiger partial charge >= 0.3 is 0 Å². The molecule has 4 rings (SSSR count). The van der Waals surface area contributed by atoms with Crippen LogP contribution in [0.15, 0.2) is 71.6 Å². The molecule has 35 heavy (non-hydrogen) atoms. The Kier molecular flexibility index (Phi) is 6.42. The Bertz CT molecular complexity index is 1190. The third-order valence-electron chi connectivity index (χ3n) is 7.75. The zero-order chi connectivity index (χ0) is 26.6. The summed E-state index contributed by atoms with van der Waals surface area (Å²) in [5.41, 5.74) is -9.05. The number of carbonyl (C=O) groups excluding carboxylic acids is 4. The van der Waals surface area contributed by atoms with Gasteiger partial charge in [0.15, 0.2) is 23.1 Å². The number of ketones is 4. The minimum absolute atomic E-state index is 0.0378. The van der Waals surface area contributed by atoms with E-state index in [1.54, 1.807) is 38.2 Å². The molecule has 0 aromatic heterocycles. The highest BCUT2D eigenvalue weighted by Gasteiger charge is 2.84. The lowest BCUT2D eigenvalue weighted by atomic mass is 9.32.